The number of hydrogen-bond donors (Lipinski definition) is 3. The molecule has 4 rings (SSSR count). The fourth-order valence-corrected chi connectivity index (χ4v) is 5.73. The number of piperazine rings is 1. The average molecular weight is 565 g/mol. The van der Waals surface area contributed by atoms with Gasteiger partial charge in [-0.25, -0.2) is 0 Å². The minimum absolute atomic E-state index is 0.0128. The SMILES string of the molecule is CCCCN1C(=O)C(CC(C)C)NC(=O)C12CCN(Cc1ccc(Oc3ccc(C(=O)NCCO)cc3)cc1)CC2. The van der Waals surface area contributed by atoms with Crippen molar-refractivity contribution in [2.24, 2.45) is 5.92 Å². The minimum Gasteiger partial charge on any atom is -0.457 e. The first-order valence-electron chi connectivity index (χ1n) is 14.9. The molecular formula is C32H44N4O5. The van der Waals surface area contributed by atoms with Crippen molar-refractivity contribution in [2.45, 2.75) is 71.0 Å². The number of likely N-dealkylation sites (tertiary alicyclic amines) is 1. The van der Waals surface area contributed by atoms with Crippen LogP contribution in [0.3, 0.4) is 0 Å². The van der Waals surface area contributed by atoms with Crippen LogP contribution in [0.5, 0.6) is 11.5 Å². The van der Waals surface area contributed by atoms with Gasteiger partial charge in [-0.3, -0.25) is 19.3 Å². The molecule has 2 aromatic carbocycles. The molecule has 1 spiro atoms. The number of aliphatic hydroxyl groups excluding tert-OH is 1. The van der Waals surface area contributed by atoms with Crippen molar-refractivity contribution < 1.29 is 24.2 Å². The van der Waals surface area contributed by atoms with Crippen LogP contribution < -0.4 is 15.4 Å². The number of hydrogen-bond acceptors (Lipinski definition) is 6. The zero-order valence-electron chi connectivity index (χ0n) is 24.5. The Bertz CT molecular complexity index is 1170. The summed E-state index contributed by atoms with van der Waals surface area (Å²) in [4.78, 5) is 43.2. The van der Waals surface area contributed by atoms with E-state index in [9.17, 15) is 14.4 Å². The zero-order valence-corrected chi connectivity index (χ0v) is 24.5. The topological polar surface area (TPSA) is 111 Å². The van der Waals surface area contributed by atoms with Crippen molar-refractivity contribution in [3.63, 3.8) is 0 Å². The van der Waals surface area contributed by atoms with E-state index in [-0.39, 0.29) is 30.9 Å². The van der Waals surface area contributed by atoms with E-state index in [1.54, 1.807) is 24.3 Å². The number of carbonyl (C=O) groups is 3. The van der Waals surface area contributed by atoms with Crippen LogP contribution in [0.15, 0.2) is 48.5 Å². The zero-order chi connectivity index (χ0) is 29.4. The van der Waals surface area contributed by atoms with Gasteiger partial charge in [0, 0.05) is 38.3 Å². The smallest absolute Gasteiger partial charge is 0.251 e. The Kier molecular flexibility index (Phi) is 10.4. The van der Waals surface area contributed by atoms with Crippen LogP contribution in [0.4, 0.5) is 0 Å². The Morgan fingerprint density at radius 2 is 1.71 bits per heavy atom. The van der Waals surface area contributed by atoms with Gasteiger partial charge in [-0.2, -0.15) is 0 Å². The van der Waals surface area contributed by atoms with Gasteiger partial charge in [0.1, 0.15) is 23.1 Å². The second-order valence-electron chi connectivity index (χ2n) is 11.6. The van der Waals surface area contributed by atoms with Crippen molar-refractivity contribution in [1.29, 1.82) is 0 Å². The normalized spacial score (nSPS) is 19.0. The average Bonchev–Trinajstić information content (AvgIpc) is 2.97. The molecule has 2 heterocycles. The molecule has 3 amide bonds. The molecule has 2 saturated heterocycles. The maximum atomic E-state index is 13.5. The van der Waals surface area contributed by atoms with E-state index < -0.39 is 11.6 Å². The first-order chi connectivity index (χ1) is 19.8. The lowest BCUT2D eigenvalue weighted by Gasteiger charge is -2.52. The Hall–Kier alpha value is -3.43. The van der Waals surface area contributed by atoms with Gasteiger partial charge in [0.15, 0.2) is 0 Å². The van der Waals surface area contributed by atoms with Crippen molar-refractivity contribution >= 4 is 17.7 Å². The molecule has 3 N–H and O–H groups in total. The number of benzene rings is 2. The van der Waals surface area contributed by atoms with Gasteiger partial charge in [0.25, 0.3) is 5.91 Å². The van der Waals surface area contributed by atoms with E-state index in [4.69, 9.17) is 9.84 Å². The van der Waals surface area contributed by atoms with E-state index in [1.807, 2.05) is 29.2 Å². The highest BCUT2D eigenvalue weighted by Gasteiger charge is 2.53. The first-order valence-corrected chi connectivity index (χ1v) is 14.9. The third kappa shape index (κ3) is 7.45. The summed E-state index contributed by atoms with van der Waals surface area (Å²) in [5.74, 6) is 1.51. The lowest BCUT2D eigenvalue weighted by atomic mass is 9.80. The van der Waals surface area contributed by atoms with Gasteiger partial charge in [0.05, 0.1) is 6.61 Å². The number of piperidine rings is 1. The quantitative estimate of drug-likeness (QED) is 0.363. The molecule has 0 saturated carbocycles. The molecule has 222 valence electrons. The van der Waals surface area contributed by atoms with Gasteiger partial charge in [-0.15, -0.1) is 0 Å². The number of aliphatic hydroxyl groups is 1. The van der Waals surface area contributed by atoms with E-state index in [0.717, 1.165) is 38.0 Å². The standard InChI is InChI=1S/C32H44N4O5/c1-4-5-17-36-30(39)28(21-23(2)3)34-31(40)32(36)14-18-35(19-15-32)22-24-6-10-26(11-7-24)41-27-12-8-25(9-13-27)29(38)33-16-20-37/h6-13,23,28,37H,4-5,14-22H2,1-3H3,(H,33,38)(H,34,40). The second-order valence-corrected chi connectivity index (χ2v) is 11.6. The molecule has 2 aliphatic heterocycles. The van der Waals surface area contributed by atoms with Crippen molar-refractivity contribution in [3.8, 4) is 11.5 Å². The summed E-state index contributed by atoms with van der Waals surface area (Å²) in [5.41, 5.74) is 0.903. The Balaban J connectivity index is 1.33. The predicted molar refractivity (Wildman–Crippen MR) is 158 cm³/mol. The highest BCUT2D eigenvalue weighted by Crippen LogP contribution is 2.35. The molecule has 2 fully saturated rings. The van der Waals surface area contributed by atoms with E-state index in [2.05, 4.69) is 36.3 Å². The molecule has 0 bridgehead atoms. The summed E-state index contributed by atoms with van der Waals surface area (Å²) < 4.78 is 5.95. The van der Waals surface area contributed by atoms with Crippen molar-refractivity contribution in [3.05, 3.63) is 59.7 Å². The van der Waals surface area contributed by atoms with Crippen LogP contribution >= 0.6 is 0 Å². The minimum atomic E-state index is -0.747. The number of ether oxygens (including phenoxy) is 1. The molecule has 1 atom stereocenters. The number of rotatable bonds is 12. The van der Waals surface area contributed by atoms with Crippen LogP contribution in [0.2, 0.25) is 0 Å². The molecule has 0 aromatic heterocycles. The lowest BCUT2D eigenvalue weighted by molar-refractivity contribution is -0.161. The highest BCUT2D eigenvalue weighted by molar-refractivity contribution is 6.00. The van der Waals surface area contributed by atoms with E-state index in [1.165, 1.54) is 0 Å². The van der Waals surface area contributed by atoms with Gasteiger partial charge in [-0.1, -0.05) is 39.3 Å². The van der Waals surface area contributed by atoms with Crippen molar-refractivity contribution in [1.82, 2.24) is 20.4 Å². The molecule has 0 aliphatic carbocycles. The van der Waals surface area contributed by atoms with Crippen LogP contribution in [0.25, 0.3) is 0 Å². The highest BCUT2D eigenvalue weighted by atomic mass is 16.5. The lowest BCUT2D eigenvalue weighted by Crippen LogP contribution is -2.73. The maximum absolute atomic E-state index is 13.5. The van der Waals surface area contributed by atoms with Crippen LogP contribution in [0, 0.1) is 5.92 Å². The van der Waals surface area contributed by atoms with Gasteiger partial charge in [0.2, 0.25) is 11.8 Å². The first kappa shape index (κ1) is 30.5. The van der Waals surface area contributed by atoms with Gasteiger partial charge in [-0.05, 0) is 73.6 Å². The molecule has 41 heavy (non-hydrogen) atoms. The van der Waals surface area contributed by atoms with Crippen molar-refractivity contribution in [2.75, 3.05) is 32.8 Å². The fraction of sp³-hybridized carbons (Fsp3) is 0.531. The molecule has 2 aromatic rings. The van der Waals surface area contributed by atoms with E-state index >= 15 is 0 Å². The Morgan fingerprint density at radius 1 is 1.07 bits per heavy atom. The molecule has 0 radical (unpaired) electrons. The largest absolute Gasteiger partial charge is 0.457 e. The maximum Gasteiger partial charge on any atom is 0.251 e. The third-order valence-corrected chi connectivity index (χ3v) is 8.01. The Morgan fingerprint density at radius 3 is 2.29 bits per heavy atom. The molecule has 1 unspecified atom stereocenters. The predicted octanol–water partition coefficient (Wildman–Crippen LogP) is 3.71. The summed E-state index contributed by atoms with van der Waals surface area (Å²) in [7, 11) is 0. The summed E-state index contributed by atoms with van der Waals surface area (Å²) in [6.45, 7) is 9.28. The number of nitrogens with one attached hydrogen (secondary N) is 2. The van der Waals surface area contributed by atoms with Crippen LogP contribution in [-0.2, 0) is 16.1 Å². The summed E-state index contributed by atoms with van der Waals surface area (Å²) in [6.07, 6.45) is 3.83. The van der Waals surface area contributed by atoms with Gasteiger partial charge < -0.3 is 25.4 Å². The monoisotopic (exact) mass is 564 g/mol. The third-order valence-electron chi connectivity index (χ3n) is 8.01. The molecule has 9 nitrogen and oxygen atoms in total. The molecular weight excluding hydrogens is 520 g/mol. The number of carbonyl (C=O) groups excluding carboxylic acids is 3. The van der Waals surface area contributed by atoms with Crippen LogP contribution in [0.1, 0.15) is 68.8 Å². The number of nitrogens with zero attached hydrogens (tertiary/aromatic N) is 2. The number of unbranched alkanes of at least 4 members (excludes halogenated alkanes) is 1. The summed E-state index contributed by atoms with van der Waals surface area (Å²) >= 11 is 0. The Labute approximate surface area is 243 Å². The second kappa shape index (κ2) is 14.0. The van der Waals surface area contributed by atoms with E-state index in [0.29, 0.717) is 48.8 Å². The molecule has 9 heteroatoms. The summed E-state index contributed by atoms with van der Waals surface area (Å²) in [6, 6.07) is 14.4. The van der Waals surface area contributed by atoms with Gasteiger partial charge >= 0.3 is 0 Å². The number of amides is 3. The fourth-order valence-electron chi connectivity index (χ4n) is 5.73. The van der Waals surface area contributed by atoms with Crippen LogP contribution in [-0.4, -0.2) is 77.0 Å². The summed E-state index contributed by atoms with van der Waals surface area (Å²) in [5, 5.41) is 14.6. The molecule has 2 aliphatic rings.